The summed E-state index contributed by atoms with van der Waals surface area (Å²) in [4.78, 5) is 4.69. The van der Waals surface area contributed by atoms with E-state index in [1.165, 1.54) is 12.8 Å². The highest BCUT2D eigenvalue weighted by Gasteiger charge is 2.27. The van der Waals surface area contributed by atoms with Crippen molar-refractivity contribution in [1.29, 1.82) is 0 Å². The number of β-amino-alcohol motifs (C(OH)–C–C–N with tert-alkyl or cyclic N) is 1. The molecule has 6 nitrogen and oxygen atoms in total. The van der Waals surface area contributed by atoms with Crippen molar-refractivity contribution >= 4 is 0 Å². The molecule has 0 saturated carbocycles. The predicted octanol–water partition coefficient (Wildman–Crippen LogP) is 2.14. The smallest absolute Gasteiger partial charge is 0.127 e. The van der Waals surface area contributed by atoms with Crippen molar-refractivity contribution < 1.29 is 19.3 Å². The van der Waals surface area contributed by atoms with Gasteiger partial charge in [0.05, 0.1) is 19.3 Å². The number of rotatable bonds is 8. The number of nitrogens with zero attached hydrogens (tertiary/aromatic N) is 2. The first-order chi connectivity index (χ1) is 12.9. The fourth-order valence-corrected chi connectivity index (χ4v) is 3.92. The van der Waals surface area contributed by atoms with E-state index in [0.717, 1.165) is 56.4 Å². The molecule has 1 aromatic rings. The van der Waals surface area contributed by atoms with E-state index >= 15 is 0 Å². The van der Waals surface area contributed by atoms with E-state index in [1.54, 1.807) is 7.11 Å². The van der Waals surface area contributed by atoms with Gasteiger partial charge in [-0.05, 0) is 45.8 Å². The van der Waals surface area contributed by atoms with Crippen LogP contribution in [-0.2, 0) is 11.3 Å². The molecule has 0 unspecified atom stereocenters. The summed E-state index contributed by atoms with van der Waals surface area (Å²) in [5.41, 5.74) is 0.986. The highest BCUT2D eigenvalue weighted by molar-refractivity contribution is 5.40. The van der Waals surface area contributed by atoms with Crippen LogP contribution in [0.4, 0.5) is 0 Å². The number of benzene rings is 1. The van der Waals surface area contributed by atoms with Crippen molar-refractivity contribution in [3.8, 4) is 11.5 Å². The zero-order chi connectivity index (χ0) is 19.3. The van der Waals surface area contributed by atoms with Crippen molar-refractivity contribution in [3.05, 3.63) is 23.8 Å². The summed E-state index contributed by atoms with van der Waals surface area (Å²) < 4.78 is 17.2. The molecule has 6 heteroatoms. The molecule has 1 atom stereocenters. The van der Waals surface area contributed by atoms with Crippen molar-refractivity contribution in [2.24, 2.45) is 0 Å². The summed E-state index contributed by atoms with van der Waals surface area (Å²) in [6.07, 6.45) is 1.97. The lowest BCUT2D eigenvalue weighted by molar-refractivity contribution is -0.0884. The van der Waals surface area contributed by atoms with Gasteiger partial charge in [-0.1, -0.05) is 6.07 Å². The highest BCUT2D eigenvalue weighted by atomic mass is 16.5. The van der Waals surface area contributed by atoms with Crippen molar-refractivity contribution in [3.63, 3.8) is 0 Å². The van der Waals surface area contributed by atoms with Gasteiger partial charge >= 0.3 is 0 Å². The number of hydrogen-bond donors (Lipinski definition) is 1. The van der Waals surface area contributed by atoms with Gasteiger partial charge in [0.1, 0.15) is 24.2 Å². The van der Waals surface area contributed by atoms with Crippen LogP contribution in [-0.4, -0.2) is 79.7 Å². The summed E-state index contributed by atoms with van der Waals surface area (Å²) in [5.74, 6) is 1.56. The van der Waals surface area contributed by atoms with E-state index in [0.29, 0.717) is 13.2 Å². The topological polar surface area (TPSA) is 54.4 Å². The van der Waals surface area contributed by atoms with Gasteiger partial charge in [-0.15, -0.1) is 0 Å². The van der Waals surface area contributed by atoms with Crippen LogP contribution in [0, 0.1) is 0 Å². The van der Waals surface area contributed by atoms with Gasteiger partial charge in [0.25, 0.3) is 0 Å². The van der Waals surface area contributed by atoms with Crippen LogP contribution in [0.2, 0.25) is 0 Å². The van der Waals surface area contributed by atoms with Crippen LogP contribution in [0.5, 0.6) is 11.5 Å². The Labute approximate surface area is 163 Å². The summed E-state index contributed by atoms with van der Waals surface area (Å²) >= 11 is 0. The largest absolute Gasteiger partial charge is 0.497 e. The Morgan fingerprint density at radius 1 is 1.19 bits per heavy atom. The molecule has 0 aliphatic carbocycles. The Bertz CT molecular complexity index is 602. The normalized spacial score (nSPS) is 21.9. The average molecular weight is 379 g/mol. The number of likely N-dealkylation sites (tertiary alicyclic amines) is 1. The first-order valence-corrected chi connectivity index (χ1v) is 10.0. The Hall–Kier alpha value is -1.34. The molecule has 3 rings (SSSR count). The molecule has 0 spiro atoms. The lowest BCUT2D eigenvalue weighted by atomic mass is 10.1. The van der Waals surface area contributed by atoms with E-state index in [1.807, 2.05) is 12.1 Å². The lowest BCUT2D eigenvalue weighted by Crippen LogP contribution is -2.47. The Morgan fingerprint density at radius 2 is 1.96 bits per heavy atom. The van der Waals surface area contributed by atoms with Crippen LogP contribution < -0.4 is 9.47 Å². The fraction of sp³-hybridized carbons (Fsp3) is 0.714. The minimum Gasteiger partial charge on any atom is -0.497 e. The number of aliphatic hydroxyl groups excluding tert-OH is 1. The van der Waals surface area contributed by atoms with Gasteiger partial charge in [0.2, 0.25) is 0 Å². The first kappa shape index (κ1) is 20.4. The lowest BCUT2D eigenvalue weighted by Gasteiger charge is -2.38. The number of ether oxygens (including phenoxy) is 3. The minimum absolute atomic E-state index is 0.127. The molecule has 152 valence electrons. The monoisotopic (exact) mass is 378 g/mol. The molecule has 2 saturated heterocycles. The van der Waals surface area contributed by atoms with Crippen LogP contribution in [0.15, 0.2) is 18.2 Å². The maximum Gasteiger partial charge on any atom is 0.127 e. The Morgan fingerprint density at radius 3 is 2.67 bits per heavy atom. The van der Waals surface area contributed by atoms with Gasteiger partial charge in [-0.2, -0.15) is 0 Å². The third-order valence-corrected chi connectivity index (χ3v) is 5.27. The van der Waals surface area contributed by atoms with Gasteiger partial charge in [0.15, 0.2) is 0 Å². The summed E-state index contributed by atoms with van der Waals surface area (Å²) in [5, 5.41) is 10.4. The predicted molar refractivity (Wildman–Crippen MR) is 105 cm³/mol. The van der Waals surface area contributed by atoms with E-state index < -0.39 is 6.10 Å². The third kappa shape index (κ3) is 6.07. The molecule has 0 aromatic heterocycles. The second kappa shape index (κ2) is 9.24. The molecule has 1 N–H and O–H groups in total. The van der Waals surface area contributed by atoms with E-state index in [4.69, 9.17) is 14.2 Å². The van der Waals surface area contributed by atoms with E-state index in [2.05, 4.69) is 29.7 Å². The zero-order valence-electron chi connectivity index (χ0n) is 16.9. The summed E-state index contributed by atoms with van der Waals surface area (Å²) in [6.45, 7) is 10.7. The fourth-order valence-electron chi connectivity index (χ4n) is 3.92. The zero-order valence-corrected chi connectivity index (χ0v) is 16.9. The quantitative estimate of drug-likeness (QED) is 0.748. The number of methoxy groups -OCH3 is 1. The molecule has 0 amide bonds. The van der Waals surface area contributed by atoms with Crippen molar-refractivity contribution in [2.75, 3.05) is 53.0 Å². The molecule has 2 aliphatic heterocycles. The number of aliphatic hydroxyl groups is 1. The van der Waals surface area contributed by atoms with Crippen molar-refractivity contribution in [1.82, 2.24) is 9.80 Å². The maximum atomic E-state index is 10.4. The molecule has 0 radical (unpaired) electrons. The molecule has 1 aromatic carbocycles. The molecule has 2 aliphatic rings. The van der Waals surface area contributed by atoms with Crippen LogP contribution in [0.1, 0.15) is 32.3 Å². The Kier molecular flexibility index (Phi) is 6.98. The SMILES string of the molecule is COc1ccc(CN2CCOC(C)(C)C2)c(OC[C@H](O)CN2CCCC2)c1. The molecule has 27 heavy (non-hydrogen) atoms. The second-order valence-electron chi connectivity index (χ2n) is 8.27. The Balaban J connectivity index is 1.61. The number of morpholine rings is 1. The van der Waals surface area contributed by atoms with Crippen LogP contribution in [0.3, 0.4) is 0 Å². The van der Waals surface area contributed by atoms with Crippen LogP contribution >= 0.6 is 0 Å². The highest BCUT2D eigenvalue weighted by Crippen LogP contribution is 2.28. The molecular weight excluding hydrogens is 344 g/mol. The van der Waals surface area contributed by atoms with Gasteiger partial charge in [0, 0.05) is 37.8 Å². The average Bonchev–Trinajstić information content (AvgIpc) is 3.13. The van der Waals surface area contributed by atoms with Crippen LogP contribution in [0.25, 0.3) is 0 Å². The van der Waals surface area contributed by atoms with Gasteiger partial charge in [-0.3, -0.25) is 4.90 Å². The van der Waals surface area contributed by atoms with Gasteiger partial charge in [-0.25, -0.2) is 0 Å². The molecular formula is C21H34N2O4. The minimum atomic E-state index is -0.482. The van der Waals surface area contributed by atoms with Gasteiger partial charge < -0.3 is 24.2 Å². The molecule has 0 bridgehead atoms. The van der Waals surface area contributed by atoms with E-state index in [9.17, 15) is 5.11 Å². The standard InChI is InChI=1S/C21H34N2O4/c1-21(2)16-23(10-11-27-21)13-17-6-7-19(25-3)12-20(17)26-15-18(24)14-22-8-4-5-9-22/h6-7,12,18,24H,4-5,8-11,13-16H2,1-3H3/t18-/m1/s1. The summed E-state index contributed by atoms with van der Waals surface area (Å²) in [6, 6.07) is 5.95. The number of hydrogen-bond acceptors (Lipinski definition) is 6. The van der Waals surface area contributed by atoms with Crippen molar-refractivity contribution in [2.45, 2.75) is 44.9 Å². The maximum absolute atomic E-state index is 10.4. The molecule has 2 heterocycles. The first-order valence-electron chi connectivity index (χ1n) is 10.0. The molecule has 2 fully saturated rings. The summed E-state index contributed by atoms with van der Waals surface area (Å²) in [7, 11) is 1.66. The third-order valence-electron chi connectivity index (χ3n) is 5.27. The second-order valence-corrected chi connectivity index (χ2v) is 8.27. The van der Waals surface area contributed by atoms with E-state index in [-0.39, 0.29) is 5.60 Å².